The minimum atomic E-state index is -0.247. The maximum absolute atomic E-state index is 13.5. The average molecular weight is 1360 g/mol. The lowest BCUT2D eigenvalue weighted by atomic mass is 9.76. The summed E-state index contributed by atoms with van der Waals surface area (Å²) in [5.41, 5.74) is 2.08. The second-order valence-electron chi connectivity index (χ2n) is 30.4. The number of ketones is 2. The fraction of sp³-hybridized carbons (Fsp3) is 0.736. The van der Waals surface area contributed by atoms with Gasteiger partial charge in [0.15, 0.2) is 0 Å². The molecule has 2 atom stereocenters. The van der Waals surface area contributed by atoms with E-state index in [1.165, 1.54) is 109 Å². The van der Waals surface area contributed by atoms with Crippen LogP contribution in [0.3, 0.4) is 0 Å². The van der Waals surface area contributed by atoms with Crippen molar-refractivity contribution in [1.29, 1.82) is 0 Å². The van der Waals surface area contributed by atoms with Crippen LogP contribution in [0.1, 0.15) is 334 Å². The third kappa shape index (κ3) is 38.0. The van der Waals surface area contributed by atoms with E-state index in [-0.39, 0.29) is 29.5 Å². The van der Waals surface area contributed by atoms with Crippen LogP contribution < -0.4 is 9.47 Å². The minimum Gasteiger partial charge on any atom is -0.498 e. The topological polar surface area (TPSA) is 135 Å². The number of nitrogens with zero attached hydrogens (tertiary/aromatic N) is 1. The molecule has 1 heterocycles. The molecule has 3 fully saturated rings. The maximum Gasteiger partial charge on any atom is 0.311 e. The Hall–Kier alpha value is -5.19. The van der Waals surface area contributed by atoms with Crippen LogP contribution in [0.5, 0.6) is 11.5 Å². The molecule has 2 unspecified atom stereocenters. The molecule has 0 aromatic heterocycles. The lowest BCUT2D eigenvalue weighted by Gasteiger charge is -2.35. The Morgan fingerprint density at radius 3 is 1.42 bits per heavy atom. The molecule has 1 amide bonds. The Morgan fingerprint density at radius 2 is 0.857 bits per heavy atom. The minimum absolute atomic E-state index is 0.0717. The summed E-state index contributed by atoms with van der Waals surface area (Å²) in [6.45, 7) is 25.1. The van der Waals surface area contributed by atoms with Gasteiger partial charge in [-0.3, -0.25) is 24.0 Å². The number of carbonyl (C=O) groups is 5. The van der Waals surface area contributed by atoms with Crippen LogP contribution >= 0.6 is 0 Å². The van der Waals surface area contributed by atoms with Gasteiger partial charge in [-0.15, -0.1) is 0 Å². The highest BCUT2D eigenvalue weighted by Gasteiger charge is 2.32. The number of rotatable bonds is 57. The summed E-state index contributed by atoms with van der Waals surface area (Å²) in [6, 6.07) is 15.5. The van der Waals surface area contributed by atoms with Gasteiger partial charge in [0.05, 0.1) is 37.1 Å². The fourth-order valence-electron chi connectivity index (χ4n) is 15.2. The first-order valence-corrected chi connectivity index (χ1v) is 40.5. The second kappa shape index (κ2) is 51.9. The molecular formula is C87H139NO10. The lowest BCUT2D eigenvalue weighted by Crippen LogP contribution is -2.41. The van der Waals surface area contributed by atoms with Crippen molar-refractivity contribution in [3.05, 3.63) is 96.7 Å². The second-order valence-corrected chi connectivity index (χ2v) is 30.4. The number of unbranched alkanes of at least 4 members (excludes halogenated alkanes) is 16. The Kier molecular flexibility index (Phi) is 44.2. The van der Waals surface area contributed by atoms with Crippen molar-refractivity contribution in [1.82, 2.24) is 4.90 Å². The molecule has 1 aliphatic heterocycles. The number of esters is 2. The Morgan fingerprint density at radius 1 is 0.408 bits per heavy atom. The third-order valence-corrected chi connectivity index (χ3v) is 21.8. The molecule has 5 rings (SSSR count). The van der Waals surface area contributed by atoms with Crippen molar-refractivity contribution in [2.24, 2.45) is 41.4 Å². The molecule has 1 saturated heterocycles. The highest BCUT2D eigenvalue weighted by atomic mass is 16.5. The molecule has 2 saturated carbocycles. The predicted molar refractivity (Wildman–Crippen MR) is 403 cm³/mol. The monoisotopic (exact) mass is 1360 g/mol. The van der Waals surface area contributed by atoms with Crippen LogP contribution in [0.15, 0.2) is 85.5 Å². The van der Waals surface area contributed by atoms with Crippen molar-refractivity contribution in [3.8, 4) is 11.5 Å². The molecule has 11 nitrogen and oxygen atoms in total. The molecule has 0 spiro atoms. The number of hydrogen-bond acceptors (Lipinski definition) is 10. The summed E-state index contributed by atoms with van der Waals surface area (Å²) >= 11 is 0. The number of likely N-dealkylation sites (tertiary alicyclic amines) is 1. The number of hydrogen-bond donors (Lipinski definition) is 0. The van der Waals surface area contributed by atoms with E-state index in [2.05, 4.69) is 59.6 Å². The van der Waals surface area contributed by atoms with Gasteiger partial charge in [-0.2, -0.15) is 0 Å². The Bertz CT molecular complexity index is 2340. The summed E-state index contributed by atoms with van der Waals surface area (Å²) in [7, 11) is 0. The number of benzene rings is 2. The molecule has 98 heavy (non-hydrogen) atoms. The summed E-state index contributed by atoms with van der Waals surface area (Å²) in [4.78, 5) is 67.0. The number of carbonyl (C=O) groups excluding carboxylic acids is 5. The first kappa shape index (κ1) is 83.5. The molecule has 0 bridgehead atoms. The SMILES string of the molecule is C=C(CCCCCCCC(=C)Oc1ccc(CC(=C)OCCC2CCC(CC(=O)N3CCC(C(=O)CC4CCC(CCCC(=O)Cc5ccc(OC(=O)CCCCCCCC(=O)OCC(CCCC)CCCCCC)cc5)CC4)CC3)CC2)cc1)OCC(CCCC)CCCCCC. The van der Waals surface area contributed by atoms with E-state index < -0.39 is 0 Å². The van der Waals surface area contributed by atoms with Gasteiger partial charge in [-0.25, -0.2) is 0 Å². The van der Waals surface area contributed by atoms with Gasteiger partial charge in [0, 0.05) is 76.8 Å². The van der Waals surface area contributed by atoms with Crippen LogP contribution in [0, 0.1) is 41.4 Å². The molecule has 2 aliphatic carbocycles. The van der Waals surface area contributed by atoms with E-state index in [1.807, 2.05) is 29.2 Å². The van der Waals surface area contributed by atoms with Crippen LogP contribution in [0.4, 0.5) is 0 Å². The molecule has 0 N–H and O–H groups in total. The summed E-state index contributed by atoms with van der Waals surface area (Å²) < 4.78 is 29.6. The molecule has 0 radical (unpaired) electrons. The Labute approximate surface area is 597 Å². The Balaban J connectivity index is 0.806. The van der Waals surface area contributed by atoms with Gasteiger partial charge in [-0.05, 0) is 174 Å². The molecular weight excluding hydrogens is 1220 g/mol. The molecule has 11 heteroatoms. The quantitative estimate of drug-likeness (QED) is 0.0273. The lowest BCUT2D eigenvalue weighted by molar-refractivity contribution is -0.145. The van der Waals surface area contributed by atoms with E-state index in [4.69, 9.17) is 23.7 Å². The van der Waals surface area contributed by atoms with Gasteiger partial charge in [0.2, 0.25) is 5.91 Å². The van der Waals surface area contributed by atoms with E-state index in [1.54, 1.807) is 12.1 Å². The van der Waals surface area contributed by atoms with Gasteiger partial charge in [0.1, 0.15) is 23.1 Å². The summed E-state index contributed by atoms with van der Waals surface area (Å²) in [6.07, 6.45) is 49.2. The van der Waals surface area contributed by atoms with Crippen molar-refractivity contribution >= 4 is 29.4 Å². The highest BCUT2D eigenvalue weighted by Crippen LogP contribution is 2.37. The number of ether oxygens (including phenoxy) is 5. The number of Topliss-reactive ketones (excluding diaryl/α,β-unsaturated/α-hetero) is 2. The maximum atomic E-state index is 13.5. The number of piperidine rings is 1. The highest BCUT2D eigenvalue weighted by molar-refractivity contribution is 5.82. The van der Waals surface area contributed by atoms with Crippen LogP contribution in [-0.4, -0.2) is 67.2 Å². The zero-order chi connectivity index (χ0) is 70.2. The fourth-order valence-corrected chi connectivity index (χ4v) is 15.2. The van der Waals surface area contributed by atoms with Crippen molar-refractivity contribution in [2.75, 3.05) is 32.9 Å². The standard InChI is InChI=1S/C87H139NO10/c1-8-12-16-26-35-78(33-14-10-3)67-95-69(5)31-24-20-18-21-25-32-70(6)97-82-53-49-74(50-54-82)63-71(7)94-62-59-73-43-47-77(48-44-73)66-85(91)88-60-57-80(58-61-88)84(90)65-76-45-41-72(42-46-76)37-30-38-81(89)64-75-51-55-83(56-52-75)98-87(93)40-29-23-19-22-28-39-86(92)96-68-79(34-15-11-4)36-27-17-13-9-2/h49-56,72-73,76-80H,5-48,57-68H2,1-4H3. The normalized spacial score (nSPS) is 17.9. The van der Waals surface area contributed by atoms with Gasteiger partial charge in [-0.1, -0.05) is 219 Å². The van der Waals surface area contributed by atoms with Crippen LogP contribution in [0.2, 0.25) is 0 Å². The molecule has 2 aromatic rings. The molecule has 3 aliphatic rings. The largest absolute Gasteiger partial charge is 0.498 e. The number of allylic oxidation sites excluding steroid dienone is 3. The van der Waals surface area contributed by atoms with Gasteiger partial charge in [0.25, 0.3) is 0 Å². The van der Waals surface area contributed by atoms with E-state index in [9.17, 15) is 24.0 Å². The smallest absolute Gasteiger partial charge is 0.311 e. The van der Waals surface area contributed by atoms with E-state index >= 15 is 0 Å². The van der Waals surface area contributed by atoms with Crippen molar-refractivity contribution in [3.63, 3.8) is 0 Å². The van der Waals surface area contributed by atoms with Gasteiger partial charge < -0.3 is 28.6 Å². The predicted octanol–water partition coefficient (Wildman–Crippen LogP) is 23.2. The van der Waals surface area contributed by atoms with Crippen LogP contribution in [0.25, 0.3) is 0 Å². The molecule has 2 aromatic carbocycles. The van der Waals surface area contributed by atoms with E-state index in [0.29, 0.717) is 118 Å². The summed E-state index contributed by atoms with van der Waals surface area (Å²) in [5.74, 6) is 7.79. The molecule has 552 valence electrons. The number of amides is 1. The van der Waals surface area contributed by atoms with Gasteiger partial charge >= 0.3 is 11.9 Å². The third-order valence-electron chi connectivity index (χ3n) is 21.8. The zero-order valence-electron chi connectivity index (χ0n) is 62.8. The summed E-state index contributed by atoms with van der Waals surface area (Å²) in [5, 5.41) is 0. The van der Waals surface area contributed by atoms with E-state index in [0.717, 1.165) is 195 Å². The average Bonchev–Trinajstić information content (AvgIpc) is 0.941. The zero-order valence-corrected chi connectivity index (χ0v) is 62.8. The first-order valence-electron chi connectivity index (χ1n) is 40.5. The van der Waals surface area contributed by atoms with Crippen LogP contribution in [-0.2, 0) is 51.0 Å². The van der Waals surface area contributed by atoms with Crippen molar-refractivity contribution < 1.29 is 47.7 Å². The van der Waals surface area contributed by atoms with Crippen molar-refractivity contribution in [2.45, 2.75) is 336 Å². The first-order chi connectivity index (χ1) is 47.7.